The van der Waals surface area contributed by atoms with Crippen LogP contribution in [0.1, 0.15) is 6.92 Å². The standard InChI is InChI=1S/C20H23BrN2O3/c1-15(26-19-7-3-16(21)4-8-19)20(24)23-13-11-22(12-14-23)17-5-9-18(25-2)10-6-17/h3-10,15H,11-14H2,1-2H3. The molecule has 2 aromatic carbocycles. The Morgan fingerprint density at radius 3 is 2.12 bits per heavy atom. The van der Waals surface area contributed by atoms with Crippen LogP contribution in [0.25, 0.3) is 0 Å². The molecule has 1 heterocycles. The number of piperazine rings is 1. The molecule has 138 valence electrons. The van der Waals surface area contributed by atoms with Gasteiger partial charge in [-0.1, -0.05) is 15.9 Å². The first-order chi connectivity index (χ1) is 12.6. The minimum absolute atomic E-state index is 0.0299. The summed E-state index contributed by atoms with van der Waals surface area (Å²) in [6, 6.07) is 15.5. The van der Waals surface area contributed by atoms with Gasteiger partial charge in [0, 0.05) is 36.3 Å². The molecule has 0 saturated carbocycles. The van der Waals surface area contributed by atoms with Crippen LogP contribution in [0.4, 0.5) is 5.69 Å². The van der Waals surface area contributed by atoms with Crippen LogP contribution in [-0.4, -0.2) is 50.2 Å². The van der Waals surface area contributed by atoms with Gasteiger partial charge in [-0.25, -0.2) is 0 Å². The molecule has 5 nitrogen and oxygen atoms in total. The van der Waals surface area contributed by atoms with Gasteiger partial charge in [-0.15, -0.1) is 0 Å². The van der Waals surface area contributed by atoms with Crippen LogP contribution in [0.5, 0.6) is 11.5 Å². The number of carbonyl (C=O) groups is 1. The Bertz CT molecular complexity index is 726. The van der Waals surface area contributed by atoms with Crippen molar-refractivity contribution >= 4 is 27.5 Å². The largest absolute Gasteiger partial charge is 0.497 e. The average molecular weight is 419 g/mol. The van der Waals surface area contributed by atoms with Gasteiger partial charge < -0.3 is 19.3 Å². The topological polar surface area (TPSA) is 42.0 Å². The zero-order valence-electron chi connectivity index (χ0n) is 15.0. The van der Waals surface area contributed by atoms with Crippen molar-refractivity contribution in [3.63, 3.8) is 0 Å². The second kappa shape index (κ2) is 8.45. The highest BCUT2D eigenvalue weighted by Crippen LogP contribution is 2.21. The van der Waals surface area contributed by atoms with Crippen molar-refractivity contribution < 1.29 is 14.3 Å². The van der Waals surface area contributed by atoms with Crippen molar-refractivity contribution in [1.29, 1.82) is 0 Å². The number of amides is 1. The third-order valence-corrected chi connectivity index (χ3v) is 5.03. The number of hydrogen-bond donors (Lipinski definition) is 0. The molecule has 1 saturated heterocycles. The smallest absolute Gasteiger partial charge is 0.263 e. The number of methoxy groups -OCH3 is 1. The zero-order valence-corrected chi connectivity index (χ0v) is 16.6. The number of hydrogen-bond acceptors (Lipinski definition) is 4. The lowest BCUT2D eigenvalue weighted by atomic mass is 10.2. The summed E-state index contributed by atoms with van der Waals surface area (Å²) >= 11 is 3.39. The number of halogens is 1. The first-order valence-electron chi connectivity index (χ1n) is 8.67. The van der Waals surface area contributed by atoms with Gasteiger partial charge in [-0.2, -0.15) is 0 Å². The monoisotopic (exact) mass is 418 g/mol. The van der Waals surface area contributed by atoms with Crippen molar-refractivity contribution in [1.82, 2.24) is 4.90 Å². The van der Waals surface area contributed by atoms with Crippen molar-refractivity contribution in [2.75, 3.05) is 38.2 Å². The van der Waals surface area contributed by atoms with Crippen LogP contribution in [-0.2, 0) is 4.79 Å². The summed E-state index contributed by atoms with van der Waals surface area (Å²) in [6.07, 6.45) is -0.497. The van der Waals surface area contributed by atoms with Gasteiger partial charge in [0.15, 0.2) is 6.10 Å². The van der Waals surface area contributed by atoms with E-state index in [1.165, 1.54) is 0 Å². The molecule has 6 heteroatoms. The third kappa shape index (κ3) is 4.49. The van der Waals surface area contributed by atoms with Gasteiger partial charge in [-0.3, -0.25) is 4.79 Å². The minimum atomic E-state index is -0.497. The van der Waals surface area contributed by atoms with Crippen LogP contribution in [0.15, 0.2) is 53.0 Å². The van der Waals surface area contributed by atoms with E-state index in [4.69, 9.17) is 9.47 Å². The van der Waals surface area contributed by atoms with E-state index in [-0.39, 0.29) is 5.91 Å². The van der Waals surface area contributed by atoms with E-state index < -0.39 is 6.10 Å². The molecule has 1 unspecified atom stereocenters. The fraction of sp³-hybridized carbons (Fsp3) is 0.350. The van der Waals surface area contributed by atoms with E-state index in [1.54, 1.807) is 14.0 Å². The SMILES string of the molecule is COc1ccc(N2CCN(C(=O)C(C)Oc3ccc(Br)cc3)CC2)cc1. The molecule has 1 aliphatic rings. The first kappa shape index (κ1) is 18.6. The number of rotatable bonds is 5. The van der Waals surface area contributed by atoms with Crippen LogP contribution < -0.4 is 14.4 Å². The van der Waals surface area contributed by atoms with E-state index in [1.807, 2.05) is 41.3 Å². The summed E-state index contributed by atoms with van der Waals surface area (Å²) in [5.74, 6) is 1.58. The van der Waals surface area contributed by atoms with Gasteiger partial charge in [0.1, 0.15) is 11.5 Å². The quantitative estimate of drug-likeness (QED) is 0.743. The summed E-state index contributed by atoms with van der Waals surface area (Å²) in [4.78, 5) is 16.8. The number of anilines is 1. The molecule has 1 fully saturated rings. The van der Waals surface area contributed by atoms with Crippen LogP contribution in [0.3, 0.4) is 0 Å². The first-order valence-corrected chi connectivity index (χ1v) is 9.46. The van der Waals surface area contributed by atoms with Crippen LogP contribution in [0, 0.1) is 0 Å². The van der Waals surface area contributed by atoms with Gasteiger partial charge in [-0.05, 0) is 55.5 Å². The summed E-state index contributed by atoms with van der Waals surface area (Å²) in [7, 11) is 1.66. The number of nitrogens with zero attached hydrogens (tertiary/aromatic N) is 2. The molecule has 0 aromatic heterocycles. The van der Waals surface area contributed by atoms with E-state index in [2.05, 4.69) is 33.0 Å². The van der Waals surface area contributed by atoms with Gasteiger partial charge in [0.2, 0.25) is 0 Å². The molecule has 26 heavy (non-hydrogen) atoms. The molecule has 2 aromatic rings. The number of ether oxygens (including phenoxy) is 2. The van der Waals surface area contributed by atoms with Crippen molar-refractivity contribution in [3.8, 4) is 11.5 Å². The molecule has 0 aliphatic carbocycles. The van der Waals surface area contributed by atoms with E-state index >= 15 is 0 Å². The highest BCUT2D eigenvalue weighted by Gasteiger charge is 2.26. The average Bonchev–Trinajstić information content (AvgIpc) is 2.69. The second-order valence-corrected chi connectivity index (χ2v) is 7.14. The third-order valence-electron chi connectivity index (χ3n) is 4.50. The van der Waals surface area contributed by atoms with Crippen LogP contribution in [0.2, 0.25) is 0 Å². The molecule has 0 bridgehead atoms. The molecule has 1 aliphatic heterocycles. The Hall–Kier alpha value is -2.21. The maximum Gasteiger partial charge on any atom is 0.263 e. The lowest BCUT2D eigenvalue weighted by Crippen LogP contribution is -2.52. The Balaban J connectivity index is 1.53. The van der Waals surface area contributed by atoms with Gasteiger partial charge in [0.05, 0.1) is 7.11 Å². The fourth-order valence-corrected chi connectivity index (χ4v) is 3.27. The molecule has 1 amide bonds. The summed E-state index contributed by atoms with van der Waals surface area (Å²) < 4.78 is 12.0. The molecule has 0 spiro atoms. The highest BCUT2D eigenvalue weighted by molar-refractivity contribution is 9.10. The molecule has 3 rings (SSSR count). The van der Waals surface area contributed by atoms with E-state index in [9.17, 15) is 4.79 Å². The molecule has 0 N–H and O–H groups in total. The molecule has 1 atom stereocenters. The van der Waals surface area contributed by atoms with Crippen molar-refractivity contribution in [2.45, 2.75) is 13.0 Å². The predicted molar refractivity (Wildman–Crippen MR) is 106 cm³/mol. The maximum atomic E-state index is 12.7. The number of benzene rings is 2. The van der Waals surface area contributed by atoms with Gasteiger partial charge >= 0.3 is 0 Å². The number of carbonyl (C=O) groups excluding carboxylic acids is 1. The van der Waals surface area contributed by atoms with E-state index in [0.717, 1.165) is 29.0 Å². The van der Waals surface area contributed by atoms with Gasteiger partial charge in [0.25, 0.3) is 5.91 Å². The van der Waals surface area contributed by atoms with E-state index in [0.29, 0.717) is 18.8 Å². The molecular formula is C20H23BrN2O3. The highest BCUT2D eigenvalue weighted by atomic mass is 79.9. The minimum Gasteiger partial charge on any atom is -0.497 e. The zero-order chi connectivity index (χ0) is 18.5. The molecule has 0 radical (unpaired) electrons. The summed E-state index contributed by atoms with van der Waals surface area (Å²) in [5.41, 5.74) is 1.15. The Morgan fingerprint density at radius 1 is 0.962 bits per heavy atom. The molecular weight excluding hydrogens is 396 g/mol. The summed E-state index contributed by atoms with van der Waals surface area (Å²) in [5, 5.41) is 0. The summed E-state index contributed by atoms with van der Waals surface area (Å²) in [6.45, 7) is 4.81. The lowest BCUT2D eigenvalue weighted by Gasteiger charge is -2.37. The fourth-order valence-electron chi connectivity index (χ4n) is 3.00. The second-order valence-electron chi connectivity index (χ2n) is 6.22. The maximum absolute atomic E-state index is 12.7. The van der Waals surface area contributed by atoms with Crippen molar-refractivity contribution in [3.05, 3.63) is 53.0 Å². The lowest BCUT2D eigenvalue weighted by molar-refractivity contribution is -0.138. The Labute approximate surface area is 162 Å². The normalized spacial score (nSPS) is 15.5. The van der Waals surface area contributed by atoms with Crippen molar-refractivity contribution in [2.24, 2.45) is 0 Å². The predicted octanol–water partition coefficient (Wildman–Crippen LogP) is 3.57. The Morgan fingerprint density at radius 2 is 1.54 bits per heavy atom. The van der Waals surface area contributed by atoms with Crippen LogP contribution >= 0.6 is 15.9 Å². The Kier molecular flexibility index (Phi) is 6.04.